The summed E-state index contributed by atoms with van der Waals surface area (Å²) >= 11 is 0. The summed E-state index contributed by atoms with van der Waals surface area (Å²) in [5.41, 5.74) is 0.838. The number of rotatable bonds is 8. The van der Waals surface area contributed by atoms with E-state index in [0.29, 0.717) is 13.1 Å². The van der Waals surface area contributed by atoms with Gasteiger partial charge in [-0.2, -0.15) is 0 Å². The molecule has 1 saturated heterocycles. The number of likely N-dealkylation sites (N-methyl/N-ethyl adjacent to an activating group) is 1. The van der Waals surface area contributed by atoms with E-state index < -0.39 is 17.9 Å². The van der Waals surface area contributed by atoms with Gasteiger partial charge in [0.2, 0.25) is 11.8 Å². The van der Waals surface area contributed by atoms with Crippen LogP contribution in [0.4, 0.5) is 0 Å². The van der Waals surface area contributed by atoms with Gasteiger partial charge in [-0.25, -0.2) is 4.79 Å². The molecule has 0 aromatic heterocycles. The van der Waals surface area contributed by atoms with Crippen molar-refractivity contribution >= 4 is 17.8 Å². The summed E-state index contributed by atoms with van der Waals surface area (Å²) in [7, 11) is 3.84. The molecule has 0 bridgehead atoms. The van der Waals surface area contributed by atoms with Crippen LogP contribution in [0.15, 0.2) is 30.3 Å². The number of carboxylic acid groups (broad SMARTS) is 1. The minimum absolute atomic E-state index is 0.0584. The van der Waals surface area contributed by atoms with Crippen LogP contribution in [0.25, 0.3) is 0 Å². The Morgan fingerprint density at radius 2 is 2.00 bits per heavy atom. The Kier molecular flexibility index (Phi) is 6.52. The molecule has 0 saturated carbocycles. The number of carbonyl (C=O) groups is 3. The SMILES string of the molecule is CN(C)CCN1C[C@@H](C(=O)N[C@@H](Cc2ccccc2)C(=O)O)CC1=O. The van der Waals surface area contributed by atoms with Crippen LogP contribution in [0.5, 0.6) is 0 Å². The van der Waals surface area contributed by atoms with Gasteiger partial charge < -0.3 is 20.2 Å². The molecule has 1 aromatic carbocycles. The second kappa shape index (κ2) is 8.62. The first kappa shape index (κ1) is 18.9. The molecule has 2 N–H and O–H groups in total. The highest BCUT2D eigenvalue weighted by Gasteiger charge is 2.35. The fourth-order valence-electron chi connectivity index (χ4n) is 2.82. The maximum Gasteiger partial charge on any atom is 0.326 e. The Balaban J connectivity index is 1.92. The molecule has 2 amide bonds. The topological polar surface area (TPSA) is 89.9 Å². The van der Waals surface area contributed by atoms with Crippen LogP contribution in [0.2, 0.25) is 0 Å². The lowest BCUT2D eigenvalue weighted by Gasteiger charge is -2.20. The molecule has 25 heavy (non-hydrogen) atoms. The van der Waals surface area contributed by atoms with Gasteiger partial charge in [0.25, 0.3) is 0 Å². The maximum absolute atomic E-state index is 12.4. The predicted molar refractivity (Wildman–Crippen MR) is 93.0 cm³/mol. The summed E-state index contributed by atoms with van der Waals surface area (Å²) < 4.78 is 0. The van der Waals surface area contributed by atoms with Crippen molar-refractivity contribution in [3.05, 3.63) is 35.9 Å². The highest BCUT2D eigenvalue weighted by atomic mass is 16.4. The van der Waals surface area contributed by atoms with Crippen LogP contribution in [0.1, 0.15) is 12.0 Å². The molecule has 0 spiro atoms. The molecule has 0 aliphatic carbocycles. The van der Waals surface area contributed by atoms with Crippen LogP contribution in [0, 0.1) is 5.92 Å². The zero-order valence-electron chi connectivity index (χ0n) is 14.6. The number of carboxylic acids is 1. The van der Waals surface area contributed by atoms with E-state index in [1.54, 1.807) is 4.90 Å². The molecule has 1 fully saturated rings. The highest BCUT2D eigenvalue weighted by Crippen LogP contribution is 2.18. The Morgan fingerprint density at radius 3 is 2.60 bits per heavy atom. The predicted octanol–water partition coefficient (Wildman–Crippen LogP) is 0.209. The van der Waals surface area contributed by atoms with Gasteiger partial charge in [-0.3, -0.25) is 9.59 Å². The lowest BCUT2D eigenvalue weighted by atomic mass is 10.0. The average Bonchev–Trinajstić information content (AvgIpc) is 2.94. The second-order valence-corrected chi connectivity index (χ2v) is 6.63. The van der Waals surface area contributed by atoms with Gasteiger partial charge in [-0.05, 0) is 19.7 Å². The average molecular weight is 347 g/mol. The molecule has 7 heteroatoms. The lowest BCUT2D eigenvalue weighted by molar-refractivity contribution is -0.142. The van der Waals surface area contributed by atoms with Crippen molar-refractivity contribution in [2.45, 2.75) is 18.9 Å². The Bertz CT molecular complexity index is 618. The summed E-state index contributed by atoms with van der Waals surface area (Å²) in [6.45, 7) is 1.64. The normalized spacial score (nSPS) is 18.4. The monoisotopic (exact) mass is 347 g/mol. The molecular formula is C18H25N3O4. The van der Waals surface area contributed by atoms with Crippen LogP contribution >= 0.6 is 0 Å². The molecule has 1 aliphatic heterocycles. The highest BCUT2D eigenvalue weighted by molar-refractivity contribution is 5.91. The fraction of sp³-hybridized carbons (Fsp3) is 0.500. The minimum Gasteiger partial charge on any atom is -0.480 e. The van der Waals surface area contributed by atoms with Gasteiger partial charge in [0.1, 0.15) is 6.04 Å². The first-order valence-electron chi connectivity index (χ1n) is 8.36. The number of amides is 2. The molecule has 7 nitrogen and oxygen atoms in total. The fourth-order valence-corrected chi connectivity index (χ4v) is 2.82. The van der Waals surface area contributed by atoms with Crippen molar-refractivity contribution in [1.82, 2.24) is 15.1 Å². The molecule has 2 rings (SSSR count). The van der Waals surface area contributed by atoms with E-state index in [2.05, 4.69) is 5.32 Å². The third kappa shape index (κ3) is 5.56. The van der Waals surface area contributed by atoms with Crippen molar-refractivity contribution in [2.75, 3.05) is 33.7 Å². The van der Waals surface area contributed by atoms with E-state index in [4.69, 9.17) is 0 Å². The summed E-state index contributed by atoms with van der Waals surface area (Å²) in [6, 6.07) is 8.15. The molecule has 0 radical (unpaired) electrons. The number of hydrogen-bond donors (Lipinski definition) is 2. The van der Waals surface area contributed by atoms with Gasteiger partial charge in [0, 0.05) is 32.5 Å². The Morgan fingerprint density at radius 1 is 1.32 bits per heavy atom. The van der Waals surface area contributed by atoms with Crippen molar-refractivity contribution in [3.63, 3.8) is 0 Å². The number of likely N-dealkylation sites (tertiary alicyclic amines) is 1. The third-order valence-electron chi connectivity index (χ3n) is 4.30. The van der Waals surface area contributed by atoms with E-state index >= 15 is 0 Å². The smallest absolute Gasteiger partial charge is 0.326 e. The Labute approximate surface area is 147 Å². The molecule has 2 atom stereocenters. The van der Waals surface area contributed by atoms with E-state index in [1.807, 2.05) is 49.3 Å². The summed E-state index contributed by atoms with van der Waals surface area (Å²) in [5.74, 6) is -2.00. The second-order valence-electron chi connectivity index (χ2n) is 6.63. The van der Waals surface area contributed by atoms with Crippen molar-refractivity contribution in [3.8, 4) is 0 Å². The number of hydrogen-bond acceptors (Lipinski definition) is 4. The van der Waals surface area contributed by atoms with Gasteiger partial charge in [0.15, 0.2) is 0 Å². The Hall–Kier alpha value is -2.41. The van der Waals surface area contributed by atoms with Crippen LogP contribution in [-0.2, 0) is 20.8 Å². The van der Waals surface area contributed by atoms with Gasteiger partial charge >= 0.3 is 5.97 Å². The zero-order chi connectivity index (χ0) is 18.4. The third-order valence-corrected chi connectivity index (χ3v) is 4.30. The molecular weight excluding hydrogens is 322 g/mol. The molecule has 0 unspecified atom stereocenters. The van der Waals surface area contributed by atoms with Crippen molar-refractivity contribution in [1.29, 1.82) is 0 Å². The molecule has 1 heterocycles. The van der Waals surface area contributed by atoms with E-state index in [1.165, 1.54) is 0 Å². The first-order valence-corrected chi connectivity index (χ1v) is 8.36. The number of aliphatic carboxylic acids is 1. The summed E-state index contributed by atoms with van der Waals surface area (Å²) in [6.07, 6.45) is 0.351. The van der Waals surface area contributed by atoms with Crippen molar-refractivity contribution in [2.24, 2.45) is 5.92 Å². The quantitative estimate of drug-likeness (QED) is 0.702. The molecule has 136 valence electrons. The number of carbonyl (C=O) groups excluding carboxylic acids is 2. The van der Waals surface area contributed by atoms with Crippen LogP contribution in [0.3, 0.4) is 0 Å². The summed E-state index contributed by atoms with van der Waals surface area (Å²) in [5, 5.41) is 12.0. The maximum atomic E-state index is 12.4. The van der Waals surface area contributed by atoms with Crippen molar-refractivity contribution < 1.29 is 19.5 Å². The zero-order valence-corrected chi connectivity index (χ0v) is 14.6. The first-order chi connectivity index (χ1) is 11.9. The lowest BCUT2D eigenvalue weighted by Crippen LogP contribution is -2.45. The van der Waals surface area contributed by atoms with Gasteiger partial charge in [-0.15, -0.1) is 0 Å². The standard InChI is InChI=1S/C18H25N3O4/c1-20(2)8-9-21-12-14(11-16(21)22)17(23)19-15(18(24)25)10-13-6-4-3-5-7-13/h3-7,14-15H,8-12H2,1-2H3,(H,19,23)(H,24,25)/t14-,15-/m0/s1. The van der Waals surface area contributed by atoms with Gasteiger partial charge in [0.05, 0.1) is 5.92 Å². The van der Waals surface area contributed by atoms with E-state index in [0.717, 1.165) is 12.1 Å². The number of benzene rings is 1. The van der Waals surface area contributed by atoms with E-state index in [-0.39, 0.29) is 24.7 Å². The summed E-state index contributed by atoms with van der Waals surface area (Å²) in [4.78, 5) is 39.5. The van der Waals surface area contributed by atoms with Gasteiger partial charge in [-0.1, -0.05) is 30.3 Å². The number of nitrogens with zero attached hydrogens (tertiary/aromatic N) is 2. The number of nitrogens with one attached hydrogen (secondary N) is 1. The molecule has 1 aromatic rings. The largest absolute Gasteiger partial charge is 0.480 e. The van der Waals surface area contributed by atoms with Crippen LogP contribution < -0.4 is 5.32 Å². The molecule has 1 aliphatic rings. The van der Waals surface area contributed by atoms with E-state index in [9.17, 15) is 19.5 Å². The van der Waals surface area contributed by atoms with Crippen LogP contribution in [-0.4, -0.2) is 72.5 Å². The minimum atomic E-state index is -1.08.